The van der Waals surface area contributed by atoms with Crippen LogP contribution >= 0.6 is 48.8 Å². The molecular formula is C82H84F24N12O11S4. The second-order valence-electron chi connectivity index (χ2n) is 30.2. The molecule has 133 heavy (non-hydrogen) atoms. The number of nitrogens with zero attached hydrogens (tertiary/aromatic N) is 11. The molecular weight excluding hydrogens is 1910 g/mol. The van der Waals surface area contributed by atoms with E-state index in [1.807, 2.05) is 0 Å². The summed E-state index contributed by atoms with van der Waals surface area (Å²) in [6.45, 7) is 2.33. The van der Waals surface area contributed by atoms with Crippen LogP contribution < -0.4 is 5.73 Å². The highest BCUT2D eigenvalue weighted by Crippen LogP contribution is 2.61. The molecule has 6 aromatic heterocycles. The molecule has 2 N–H and O–H groups in total. The summed E-state index contributed by atoms with van der Waals surface area (Å²) in [6, 6.07) is 9.29. The molecule has 1 fully saturated rings. The zero-order valence-corrected chi connectivity index (χ0v) is 74.0. The van der Waals surface area contributed by atoms with Gasteiger partial charge in [-0.25, -0.2) is 39.5 Å². The zero-order chi connectivity index (χ0) is 98.6. The number of amides is 1. The number of rotatable bonds is 21. The fourth-order valence-corrected chi connectivity index (χ4v) is 19.2. The second-order valence-corrected chi connectivity index (χ2v) is 34.2. The number of hydrogen-bond acceptors (Lipinski definition) is 21. The number of thiol groups is 2. The van der Waals surface area contributed by atoms with Gasteiger partial charge in [-0.15, -0.1) is 23.5 Å². The maximum atomic E-state index is 14.6. The molecule has 0 saturated carbocycles. The Labute approximate surface area is 760 Å². The van der Waals surface area contributed by atoms with Gasteiger partial charge in [0, 0.05) is 95.7 Å². The molecule has 5 aliphatic carbocycles. The Hall–Kier alpha value is -9.95. The first-order valence-corrected chi connectivity index (χ1v) is 43.9. The third-order valence-electron chi connectivity index (χ3n) is 20.9. The average molecular weight is 2000 g/mol. The molecule has 23 nitrogen and oxygen atoms in total. The maximum Gasteiger partial charge on any atom is 0.435 e. The Bertz CT molecular complexity index is 5400. The molecule has 1 spiro atoms. The molecule has 14 rings (SSSR count). The number of carbonyl (C=O) groups excluding carboxylic acids is 7. The highest BCUT2D eigenvalue weighted by atomic mass is 32.2. The van der Waals surface area contributed by atoms with Gasteiger partial charge < -0.3 is 24.7 Å². The van der Waals surface area contributed by atoms with Crippen LogP contribution in [0.3, 0.4) is 0 Å². The lowest BCUT2D eigenvalue weighted by molar-refractivity contribution is -0.147. The number of ketones is 2. The van der Waals surface area contributed by atoms with Crippen LogP contribution in [0.5, 0.6) is 0 Å². The van der Waals surface area contributed by atoms with Crippen molar-refractivity contribution in [2.24, 2.45) is 5.73 Å². The van der Waals surface area contributed by atoms with Crippen molar-refractivity contribution in [2.75, 3.05) is 49.9 Å². The first kappa shape index (κ1) is 107. The number of halogens is 24. The van der Waals surface area contributed by atoms with Crippen LogP contribution in [-0.2, 0) is 167 Å². The van der Waals surface area contributed by atoms with E-state index in [-0.39, 0.29) is 123 Å². The minimum absolute atomic E-state index is 0.0212. The summed E-state index contributed by atoms with van der Waals surface area (Å²) in [4.78, 5) is 86.8. The molecule has 51 heteroatoms. The molecule has 1 aliphatic heterocycles. The summed E-state index contributed by atoms with van der Waals surface area (Å²) in [7, 11) is 1.13. The summed E-state index contributed by atoms with van der Waals surface area (Å²) >= 11 is 10.8. The van der Waals surface area contributed by atoms with Crippen molar-refractivity contribution in [1.29, 1.82) is 0 Å². The quantitative estimate of drug-likeness (QED) is 0.0261. The summed E-state index contributed by atoms with van der Waals surface area (Å²) in [6.07, 6.45) is -23.1. The number of benzene rings is 2. The van der Waals surface area contributed by atoms with E-state index < -0.39 is 226 Å². The fourth-order valence-electron chi connectivity index (χ4n) is 15.8. The number of alkyl halides is 21. The van der Waals surface area contributed by atoms with Crippen LogP contribution in [0.15, 0.2) is 54.7 Å². The van der Waals surface area contributed by atoms with Crippen molar-refractivity contribution in [3.63, 3.8) is 0 Å². The standard InChI is InChI=1S/C31H24F8N4O2.C14H17F3N2O2S2.2C12H13F5N2O2.C11H11F3N2O3.C2H6S2/c32-19-10-16(11-20(33)14-19)9-18(27-22(3-2-8-41-27)17-5-6-24(34)23(13-17)29(40)45)12-21(44)15-43-25-4-1-7-30(35,36)26(25)28(42-43)31(37,38)39;1-2-21-10(20)8-19-9-4-3-5-13(22-6-7-23-13)11(9)12(18-19)14(15,16)17;2*1-2-21-8(20)6-19-7-4-3-5-11(13,14)9(7)10(18-19)12(15,16)17;1-19-8(18)5-16-6-3-2-4-7(17)9(6)10(15-16)11(12,13)14;3-1-2-4/h2-3,5-6,8,10-11,13-14,18H,1,4,7,9,12,15H2,(H2,40,45);2-8H2,1H3;2*2-6H2,1H3;2-5H2,1H3;3-4H,1-2H2/t18-;;;;;/m1...../s1. The molecule has 1 amide bonds. The number of hydrogen-bond donors (Lipinski definition) is 3. The molecule has 6 aliphatic rings. The predicted octanol–water partition coefficient (Wildman–Crippen LogP) is 18.6. The molecule has 7 heterocycles. The van der Waals surface area contributed by atoms with Gasteiger partial charge in [0.15, 0.2) is 40.0 Å². The number of aromatic nitrogens is 11. The van der Waals surface area contributed by atoms with Gasteiger partial charge >= 0.3 is 54.8 Å². The average Bonchev–Trinajstić information content (AvgIpc) is 1.57. The van der Waals surface area contributed by atoms with Gasteiger partial charge in [-0.3, -0.25) is 62.0 Å². The largest absolute Gasteiger partial charge is 0.468 e. The Kier molecular flexibility index (Phi) is 35.2. The molecule has 1 saturated heterocycles. The highest BCUT2D eigenvalue weighted by molar-refractivity contribution is 8.20. The Morgan fingerprint density at radius 3 is 1.26 bits per heavy atom. The molecule has 0 unspecified atom stereocenters. The lowest BCUT2D eigenvalue weighted by Gasteiger charge is -2.33. The van der Waals surface area contributed by atoms with Gasteiger partial charge in [-0.05, 0) is 151 Å². The van der Waals surface area contributed by atoms with E-state index in [4.69, 9.17) is 10.5 Å². The van der Waals surface area contributed by atoms with Gasteiger partial charge in [0.05, 0.1) is 76.8 Å². The minimum Gasteiger partial charge on any atom is -0.468 e. The number of pyridine rings is 1. The van der Waals surface area contributed by atoms with E-state index in [1.54, 1.807) is 36.5 Å². The Balaban J connectivity index is 0.000000194. The van der Waals surface area contributed by atoms with Gasteiger partial charge in [0.2, 0.25) is 0 Å². The zero-order valence-electron chi connectivity index (χ0n) is 70.5. The smallest absolute Gasteiger partial charge is 0.435 e. The third kappa shape index (κ3) is 26.2. The first-order chi connectivity index (χ1) is 62.1. The number of Topliss-reactive ketones (excluding diaryl/α,β-unsaturated/α-hetero) is 2. The van der Waals surface area contributed by atoms with Gasteiger partial charge in [0.25, 0.3) is 23.7 Å². The summed E-state index contributed by atoms with van der Waals surface area (Å²) < 4.78 is 346. The predicted molar refractivity (Wildman–Crippen MR) is 434 cm³/mol. The van der Waals surface area contributed by atoms with E-state index in [2.05, 4.69) is 69.9 Å². The number of methoxy groups -OCH3 is 1. The number of fused-ring (bicyclic) bond motifs is 6. The van der Waals surface area contributed by atoms with Gasteiger partial charge in [-0.1, -0.05) is 12.1 Å². The summed E-state index contributed by atoms with van der Waals surface area (Å²) in [5.41, 5.74) is -5.04. The van der Waals surface area contributed by atoms with Crippen molar-refractivity contribution in [3.05, 3.63) is 174 Å². The lowest BCUT2D eigenvalue weighted by atomic mass is 9.86. The second kappa shape index (κ2) is 43.8. The molecule has 2 aromatic carbocycles. The molecule has 730 valence electrons. The first-order valence-electron chi connectivity index (χ1n) is 40.7. The minimum atomic E-state index is -5.19. The highest BCUT2D eigenvalue weighted by Gasteiger charge is 2.55. The number of primary amides is 1. The number of esters is 4. The molecule has 1 atom stereocenters. The van der Waals surface area contributed by atoms with Crippen molar-refractivity contribution in [1.82, 2.24) is 53.9 Å². The van der Waals surface area contributed by atoms with Crippen LogP contribution in [0, 0.1) is 17.5 Å². The topological polar surface area (TPSA) is 284 Å². The van der Waals surface area contributed by atoms with E-state index in [0.717, 1.165) is 59.4 Å². The van der Waals surface area contributed by atoms with Crippen molar-refractivity contribution in [3.8, 4) is 11.1 Å². The SMILES string of the molecule is CCOC(=O)Cn1nc(C(F)(F)F)c2c1CCCC2(F)F.CCOC(=O)Cn1nc(C(F)(F)F)c2c1CCCC2(F)F.CCOC(=O)Cn1nc(C(F)(F)F)c2c1CCCC21SCCS1.COC(=O)Cn1nc(C(F)(F)F)c2c1CCCC2=O.NC(=O)c1cc(-c2cccnc2[C@@H](CC(=O)Cn2nc(C(F)(F)F)c3c2CCCC3(F)F)Cc2cc(F)cc(F)c2)ccc1F.SCCS. The van der Waals surface area contributed by atoms with Gasteiger partial charge in [-0.2, -0.15) is 117 Å². The van der Waals surface area contributed by atoms with Crippen LogP contribution in [0.2, 0.25) is 0 Å². The Morgan fingerprint density at radius 1 is 0.481 bits per heavy atom. The van der Waals surface area contributed by atoms with E-state index in [0.29, 0.717) is 57.1 Å². The Morgan fingerprint density at radius 2 is 0.857 bits per heavy atom. The van der Waals surface area contributed by atoms with Crippen LogP contribution in [0.4, 0.5) is 105 Å². The number of nitrogens with two attached hydrogens (primary N) is 1. The van der Waals surface area contributed by atoms with Crippen molar-refractivity contribution < 1.29 is 158 Å². The van der Waals surface area contributed by atoms with Crippen LogP contribution in [-0.4, -0.2) is 145 Å². The van der Waals surface area contributed by atoms with Crippen LogP contribution in [0.1, 0.15) is 208 Å². The van der Waals surface area contributed by atoms with Crippen molar-refractivity contribution in [2.45, 2.75) is 221 Å². The number of ether oxygens (including phenoxy) is 4. The molecule has 8 aromatic rings. The number of carbonyl (C=O) groups is 7. The summed E-state index contributed by atoms with van der Waals surface area (Å²) in [5, 5.41) is 16.9. The van der Waals surface area contributed by atoms with Crippen molar-refractivity contribution >= 4 is 90.1 Å². The fraction of sp³-hybridized carbons (Fsp3) is 0.524. The van der Waals surface area contributed by atoms with E-state index >= 15 is 0 Å². The third-order valence-corrected chi connectivity index (χ3v) is 25.3. The lowest BCUT2D eigenvalue weighted by Crippen LogP contribution is -2.26. The normalized spacial score (nSPS) is 16.4. The van der Waals surface area contributed by atoms with E-state index in [1.165, 1.54) is 42.9 Å². The summed E-state index contributed by atoms with van der Waals surface area (Å²) in [5.74, 6) is -16.4. The molecule has 0 radical (unpaired) electrons. The maximum absolute atomic E-state index is 14.6. The molecule has 0 bridgehead atoms. The van der Waals surface area contributed by atoms with Gasteiger partial charge in [0.1, 0.15) is 43.6 Å². The number of thioether (sulfide) groups is 2. The van der Waals surface area contributed by atoms with Crippen LogP contribution in [0.25, 0.3) is 11.1 Å². The van der Waals surface area contributed by atoms with E-state index in [9.17, 15) is 139 Å². The monoisotopic (exact) mass is 2000 g/mol.